The number of thioether (sulfide) groups is 1. The molecular formula is C23H30N2O2S. The van der Waals surface area contributed by atoms with Gasteiger partial charge in [0.2, 0.25) is 5.91 Å². The van der Waals surface area contributed by atoms with Gasteiger partial charge in [-0.2, -0.15) is 0 Å². The van der Waals surface area contributed by atoms with Crippen molar-refractivity contribution in [2.45, 2.75) is 37.8 Å². The summed E-state index contributed by atoms with van der Waals surface area (Å²) in [6.45, 7) is 9.55. The molecule has 1 aliphatic heterocycles. The number of carbonyl (C=O) groups excluding carboxylic acids is 1. The summed E-state index contributed by atoms with van der Waals surface area (Å²) in [5.74, 6) is 0.505. The first-order valence-electron chi connectivity index (χ1n) is 9.91. The average Bonchev–Trinajstić information content (AvgIpc) is 2.69. The molecule has 0 radical (unpaired) electrons. The van der Waals surface area contributed by atoms with Crippen LogP contribution >= 0.6 is 11.8 Å². The molecule has 0 aliphatic carbocycles. The topological polar surface area (TPSA) is 41.6 Å². The van der Waals surface area contributed by atoms with Gasteiger partial charge < -0.3 is 10.1 Å². The number of nitrogens with one attached hydrogen (secondary N) is 1. The molecule has 1 aliphatic rings. The predicted molar refractivity (Wildman–Crippen MR) is 116 cm³/mol. The molecule has 2 aromatic carbocycles. The zero-order valence-corrected chi connectivity index (χ0v) is 17.8. The number of hydrogen-bond donors (Lipinski definition) is 1. The summed E-state index contributed by atoms with van der Waals surface area (Å²) in [6, 6.07) is 17.0. The van der Waals surface area contributed by atoms with Crippen molar-refractivity contribution in [3.05, 3.63) is 65.2 Å². The van der Waals surface area contributed by atoms with Crippen LogP contribution in [0.4, 0.5) is 0 Å². The zero-order chi connectivity index (χ0) is 19.9. The summed E-state index contributed by atoms with van der Waals surface area (Å²) in [5.41, 5.74) is 3.71. The lowest BCUT2D eigenvalue weighted by Crippen LogP contribution is -2.48. The third-order valence-corrected chi connectivity index (χ3v) is 6.31. The monoisotopic (exact) mass is 398 g/mol. The van der Waals surface area contributed by atoms with Gasteiger partial charge in [-0.3, -0.25) is 9.69 Å². The van der Waals surface area contributed by atoms with E-state index in [1.54, 1.807) is 11.8 Å². The highest BCUT2D eigenvalue weighted by Gasteiger charge is 2.28. The second-order valence-electron chi connectivity index (χ2n) is 7.42. The SMILES string of the molecule is Cc1ccc(SCC(=O)N[C@H](C)[C@H](c2ccccc2)N2CCOCC2)c(C)c1. The van der Waals surface area contributed by atoms with E-state index in [4.69, 9.17) is 4.74 Å². The first-order valence-corrected chi connectivity index (χ1v) is 10.9. The number of hydrogen-bond acceptors (Lipinski definition) is 4. The summed E-state index contributed by atoms with van der Waals surface area (Å²) in [6.07, 6.45) is 0. The molecule has 0 bridgehead atoms. The molecule has 1 N–H and O–H groups in total. The minimum atomic E-state index is 0.0210. The fraction of sp³-hybridized carbons (Fsp3) is 0.435. The Hall–Kier alpha value is -1.82. The van der Waals surface area contributed by atoms with Gasteiger partial charge >= 0.3 is 0 Å². The van der Waals surface area contributed by atoms with E-state index in [-0.39, 0.29) is 18.0 Å². The van der Waals surface area contributed by atoms with E-state index in [1.807, 2.05) is 6.07 Å². The Balaban J connectivity index is 1.63. The molecule has 3 rings (SSSR count). The van der Waals surface area contributed by atoms with Crippen LogP contribution in [0, 0.1) is 13.8 Å². The van der Waals surface area contributed by atoms with Gasteiger partial charge in [-0.15, -0.1) is 11.8 Å². The van der Waals surface area contributed by atoms with Crippen molar-refractivity contribution in [2.24, 2.45) is 0 Å². The highest BCUT2D eigenvalue weighted by atomic mass is 32.2. The molecule has 0 unspecified atom stereocenters. The van der Waals surface area contributed by atoms with Gasteiger partial charge in [-0.05, 0) is 38.0 Å². The van der Waals surface area contributed by atoms with Crippen LogP contribution in [0.15, 0.2) is 53.4 Å². The molecule has 0 aromatic heterocycles. The highest BCUT2D eigenvalue weighted by molar-refractivity contribution is 8.00. The van der Waals surface area contributed by atoms with Gasteiger partial charge in [0.15, 0.2) is 0 Å². The molecule has 1 amide bonds. The quantitative estimate of drug-likeness (QED) is 0.717. The first kappa shape index (κ1) is 20.9. The van der Waals surface area contributed by atoms with E-state index in [0.29, 0.717) is 5.75 Å². The molecule has 150 valence electrons. The van der Waals surface area contributed by atoms with Crippen molar-refractivity contribution >= 4 is 17.7 Å². The predicted octanol–water partition coefficient (Wildman–Crippen LogP) is 3.97. The van der Waals surface area contributed by atoms with Crippen molar-refractivity contribution in [3.8, 4) is 0 Å². The summed E-state index contributed by atoms with van der Waals surface area (Å²) < 4.78 is 5.52. The van der Waals surface area contributed by atoms with Gasteiger partial charge in [-0.1, -0.05) is 48.0 Å². The van der Waals surface area contributed by atoms with Gasteiger partial charge in [0, 0.05) is 24.0 Å². The smallest absolute Gasteiger partial charge is 0.230 e. The van der Waals surface area contributed by atoms with Gasteiger partial charge in [0.05, 0.1) is 25.0 Å². The fourth-order valence-electron chi connectivity index (χ4n) is 3.80. The van der Waals surface area contributed by atoms with Crippen LogP contribution in [0.1, 0.15) is 29.7 Å². The van der Waals surface area contributed by atoms with Gasteiger partial charge in [0.25, 0.3) is 0 Å². The third-order valence-electron chi connectivity index (χ3n) is 5.13. The number of benzene rings is 2. The maximum atomic E-state index is 12.6. The number of ether oxygens (including phenoxy) is 1. The van der Waals surface area contributed by atoms with Crippen LogP contribution in [-0.2, 0) is 9.53 Å². The Labute approximate surface area is 172 Å². The lowest BCUT2D eigenvalue weighted by Gasteiger charge is -2.38. The lowest BCUT2D eigenvalue weighted by atomic mass is 9.98. The van der Waals surface area contributed by atoms with Crippen molar-refractivity contribution < 1.29 is 9.53 Å². The minimum Gasteiger partial charge on any atom is -0.379 e. The lowest BCUT2D eigenvalue weighted by molar-refractivity contribution is -0.119. The van der Waals surface area contributed by atoms with Gasteiger partial charge in [-0.25, -0.2) is 0 Å². The number of carbonyl (C=O) groups is 1. The molecule has 1 saturated heterocycles. The number of morpholine rings is 1. The Morgan fingerprint density at radius 2 is 1.86 bits per heavy atom. The molecule has 2 atom stereocenters. The minimum absolute atomic E-state index is 0.0210. The normalized spacial score (nSPS) is 17.1. The van der Waals surface area contributed by atoms with E-state index in [9.17, 15) is 4.79 Å². The van der Waals surface area contributed by atoms with E-state index < -0.39 is 0 Å². The second-order valence-corrected chi connectivity index (χ2v) is 8.43. The highest BCUT2D eigenvalue weighted by Crippen LogP contribution is 2.26. The van der Waals surface area contributed by atoms with Crippen LogP contribution in [0.25, 0.3) is 0 Å². The Bertz CT molecular complexity index is 775. The van der Waals surface area contributed by atoms with Crippen molar-refractivity contribution in [1.29, 1.82) is 0 Å². The van der Waals surface area contributed by atoms with E-state index in [1.165, 1.54) is 21.6 Å². The average molecular weight is 399 g/mol. The molecule has 2 aromatic rings. The molecule has 4 nitrogen and oxygen atoms in total. The molecule has 1 fully saturated rings. The van der Waals surface area contributed by atoms with Gasteiger partial charge in [0.1, 0.15) is 0 Å². The summed E-state index contributed by atoms with van der Waals surface area (Å²) in [7, 11) is 0. The third kappa shape index (κ3) is 5.60. The Morgan fingerprint density at radius 1 is 1.14 bits per heavy atom. The maximum Gasteiger partial charge on any atom is 0.230 e. The molecule has 0 saturated carbocycles. The summed E-state index contributed by atoms with van der Waals surface area (Å²) in [5, 5.41) is 3.23. The van der Waals surface area contributed by atoms with E-state index >= 15 is 0 Å². The fourth-order valence-corrected chi connectivity index (χ4v) is 4.62. The van der Waals surface area contributed by atoms with Crippen molar-refractivity contribution in [1.82, 2.24) is 10.2 Å². The Kier molecular flexibility index (Phi) is 7.54. The molecule has 28 heavy (non-hydrogen) atoms. The summed E-state index contributed by atoms with van der Waals surface area (Å²) >= 11 is 1.60. The Morgan fingerprint density at radius 3 is 2.54 bits per heavy atom. The van der Waals surface area contributed by atoms with Crippen LogP contribution in [0.5, 0.6) is 0 Å². The number of nitrogens with zero attached hydrogens (tertiary/aromatic N) is 1. The van der Waals surface area contributed by atoms with Crippen LogP contribution < -0.4 is 5.32 Å². The molecule has 1 heterocycles. The van der Waals surface area contributed by atoms with Crippen molar-refractivity contribution in [2.75, 3.05) is 32.1 Å². The van der Waals surface area contributed by atoms with Crippen LogP contribution in [0.2, 0.25) is 0 Å². The molecular weight excluding hydrogens is 368 g/mol. The standard InChI is InChI=1S/C23H30N2O2S/c1-17-9-10-21(18(2)15-17)28-16-22(26)24-19(3)23(20-7-5-4-6-8-20)25-11-13-27-14-12-25/h4-10,15,19,23H,11-14,16H2,1-3H3,(H,24,26)/t19-,23-/m1/s1. The van der Waals surface area contributed by atoms with E-state index in [2.05, 4.69) is 73.5 Å². The number of aryl methyl sites for hydroxylation is 2. The maximum absolute atomic E-state index is 12.6. The van der Waals surface area contributed by atoms with E-state index in [0.717, 1.165) is 26.3 Å². The first-order chi connectivity index (χ1) is 13.5. The largest absolute Gasteiger partial charge is 0.379 e. The van der Waals surface area contributed by atoms with Crippen LogP contribution in [-0.4, -0.2) is 48.9 Å². The molecule has 5 heteroatoms. The molecule has 0 spiro atoms. The summed E-state index contributed by atoms with van der Waals surface area (Å²) in [4.78, 5) is 16.2. The number of amides is 1. The number of rotatable bonds is 7. The van der Waals surface area contributed by atoms with Crippen LogP contribution in [0.3, 0.4) is 0 Å². The zero-order valence-electron chi connectivity index (χ0n) is 17.0. The van der Waals surface area contributed by atoms with Crippen molar-refractivity contribution in [3.63, 3.8) is 0 Å². The second kappa shape index (κ2) is 10.1.